The van der Waals surface area contributed by atoms with Gasteiger partial charge in [0.1, 0.15) is 5.82 Å². The van der Waals surface area contributed by atoms with Crippen molar-refractivity contribution in [3.05, 3.63) is 453 Å². The Morgan fingerprint density at radius 3 is 1.13 bits per heavy atom. The highest BCUT2D eigenvalue weighted by atomic mass is 15.2. The number of aromatic nitrogens is 13. The van der Waals surface area contributed by atoms with Crippen molar-refractivity contribution in [1.82, 2.24) is 63.1 Å². The van der Waals surface area contributed by atoms with Crippen LogP contribution in [-0.2, 0) is 5.41 Å². The standard InChI is InChI=1S/C121H77N13/c1-121(2)99-54-32-53-85(105(99)98-71-95-86-47-21-22-51-90(86)107(96(95)72-100(98)121)118-125-112(76-35-11-4-12-36-76)122-113(126-118)77-37-13-5-14-38-77)75-61-65-80(66-62-75)116-123-115(79-63-59-74(60-64-79)73-33-9-3-10-34-73)128-120(129-116)134-104-58-30-26-52-93(104)106-94(70-97-89-50-25-28-56-102(89)132(110(97)111(106)134)84-45-19-8-20-46-84)81-41-31-42-82(69-81)117-124-114(78-39-15-6-16-40-78)127-119(130-117)133-103-57-29-24-49-88(103)92-68-67-91-87-48-23-27-55-101(87)131(108(91)109(92)133)83-43-17-7-18-44-83/h3-72,107H,1-2H3. The zero-order valence-electron chi connectivity index (χ0n) is 72.8. The van der Waals surface area contributed by atoms with E-state index in [1.54, 1.807) is 0 Å². The molecule has 18 aromatic carbocycles. The minimum absolute atomic E-state index is 0.246. The van der Waals surface area contributed by atoms with Crippen LogP contribution in [0.1, 0.15) is 47.8 Å². The van der Waals surface area contributed by atoms with E-state index in [2.05, 4.69) is 402 Å². The van der Waals surface area contributed by atoms with Gasteiger partial charge in [0, 0.05) is 93.3 Å². The highest BCUT2D eigenvalue weighted by Gasteiger charge is 2.42. The summed E-state index contributed by atoms with van der Waals surface area (Å²) >= 11 is 0. The van der Waals surface area contributed by atoms with Gasteiger partial charge in [0.15, 0.2) is 34.9 Å². The summed E-state index contributed by atoms with van der Waals surface area (Å²) in [7, 11) is 0. The molecule has 7 heterocycles. The lowest BCUT2D eigenvalue weighted by Crippen LogP contribution is -2.16. The number of benzene rings is 18. The fourth-order valence-corrected chi connectivity index (χ4v) is 21.5. The predicted octanol–water partition coefficient (Wildman–Crippen LogP) is 29.1. The Balaban J connectivity index is 0.643. The fourth-order valence-electron chi connectivity index (χ4n) is 21.5. The molecule has 0 bridgehead atoms. The van der Waals surface area contributed by atoms with Crippen LogP contribution < -0.4 is 0 Å². The second kappa shape index (κ2) is 30.2. The Morgan fingerprint density at radius 2 is 0.582 bits per heavy atom. The maximum atomic E-state index is 5.83. The van der Waals surface area contributed by atoms with Gasteiger partial charge in [-0.15, -0.1) is 0 Å². The Hall–Kier alpha value is -17.8. The normalized spacial score (nSPS) is 13.1. The SMILES string of the molecule is CC1(C)c2cc3c(cc2-c2c(-c4ccc(-c5nc(-c6ccc(-c7ccccc7)cc6)nc(-n6c7ccccc7c7c(-c8cccc(-c9nc(-c%10ccccc%10)nc(-n%10c%11ccccc%11c%11ccc%12c%13ccccc%13n(-c%13ccccc%13)c%12c%11%10)n9)c8)cc8c9ccccc9n(-c9ccccc9)c8c76)n5)cc4)cccc21)-c1ccccc1C3c1nc(-c2ccccc2)nc(-c2ccccc2)n1. The molecule has 0 aliphatic heterocycles. The van der Waals surface area contributed by atoms with Gasteiger partial charge in [-0.05, 0) is 145 Å². The van der Waals surface area contributed by atoms with Crippen LogP contribution in [0.3, 0.4) is 0 Å². The van der Waals surface area contributed by atoms with Gasteiger partial charge in [-0.2, -0.15) is 19.9 Å². The van der Waals surface area contributed by atoms with E-state index >= 15 is 0 Å². The maximum Gasteiger partial charge on any atom is 0.238 e. The molecule has 626 valence electrons. The van der Waals surface area contributed by atoms with Crippen molar-refractivity contribution in [3.8, 4) is 147 Å². The smallest absolute Gasteiger partial charge is 0.238 e. The summed E-state index contributed by atoms with van der Waals surface area (Å²) in [5.74, 6) is 4.84. The average Bonchev–Trinajstić information content (AvgIpc) is 1.55. The largest absolute Gasteiger partial charge is 0.307 e. The third kappa shape index (κ3) is 11.9. The van der Waals surface area contributed by atoms with Crippen molar-refractivity contribution in [2.75, 3.05) is 0 Å². The van der Waals surface area contributed by atoms with E-state index in [1.807, 2.05) is 54.6 Å². The molecule has 27 rings (SSSR count). The lowest BCUT2D eigenvalue weighted by Gasteiger charge is -2.23. The van der Waals surface area contributed by atoms with Crippen LogP contribution in [0.15, 0.2) is 425 Å². The van der Waals surface area contributed by atoms with E-state index in [9.17, 15) is 0 Å². The molecule has 7 aromatic heterocycles. The summed E-state index contributed by atoms with van der Waals surface area (Å²) in [5.41, 5.74) is 31.0. The molecular formula is C121H77N13. The molecule has 13 nitrogen and oxygen atoms in total. The molecule has 0 radical (unpaired) electrons. The number of fused-ring (bicyclic) bond motifs is 20. The van der Waals surface area contributed by atoms with Crippen LogP contribution in [-0.4, -0.2) is 63.1 Å². The Bertz CT molecular complexity index is 9060. The number of rotatable bonds is 14. The van der Waals surface area contributed by atoms with E-state index in [1.165, 1.54) is 44.5 Å². The lowest BCUT2D eigenvalue weighted by molar-refractivity contribution is 0.659. The van der Waals surface area contributed by atoms with Gasteiger partial charge in [0.2, 0.25) is 11.9 Å². The van der Waals surface area contributed by atoms with Crippen molar-refractivity contribution >= 4 is 87.2 Å². The quantitative estimate of drug-likeness (QED) is 0.104. The Labute approximate surface area is 770 Å². The van der Waals surface area contributed by atoms with E-state index < -0.39 is 0 Å². The van der Waals surface area contributed by atoms with Gasteiger partial charge >= 0.3 is 0 Å². The minimum Gasteiger partial charge on any atom is -0.307 e. The van der Waals surface area contributed by atoms with Gasteiger partial charge in [-0.25, -0.2) is 24.9 Å². The molecule has 134 heavy (non-hydrogen) atoms. The van der Waals surface area contributed by atoms with Gasteiger partial charge in [0.05, 0.1) is 50.1 Å². The number of hydrogen-bond donors (Lipinski definition) is 0. The third-order valence-electron chi connectivity index (χ3n) is 27.6. The van der Waals surface area contributed by atoms with Crippen molar-refractivity contribution in [2.24, 2.45) is 0 Å². The number of para-hydroxylation sites is 6. The van der Waals surface area contributed by atoms with E-state index in [4.69, 9.17) is 44.9 Å². The van der Waals surface area contributed by atoms with Crippen molar-refractivity contribution in [1.29, 1.82) is 0 Å². The summed E-state index contributed by atoms with van der Waals surface area (Å²) in [6.45, 7) is 4.74. The molecule has 0 saturated carbocycles. The monoisotopic (exact) mass is 1710 g/mol. The molecule has 2 aliphatic rings. The highest BCUT2D eigenvalue weighted by molar-refractivity contribution is 6.29. The van der Waals surface area contributed by atoms with Crippen LogP contribution in [0.5, 0.6) is 0 Å². The van der Waals surface area contributed by atoms with Crippen molar-refractivity contribution in [3.63, 3.8) is 0 Å². The first-order chi connectivity index (χ1) is 66.2. The second-order valence-corrected chi connectivity index (χ2v) is 35.4. The van der Waals surface area contributed by atoms with Crippen molar-refractivity contribution < 1.29 is 0 Å². The maximum absolute atomic E-state index is 5.83. The molecular weight excluding hydrogens is 1640 g/mol. The van der Waals surface area contributed by atoms with Crippen LogP contribution in [0.25, 0.3) is 234 Å². The number of nitrogens with zero attached hydrogens (tertiary/aromatic N) is 13. The predicted molar refractivity (Wildman–Crippen MR) is 543 cm³/mol. The average molecular weight is 1710 g/mol. The first kappa shape index (κ1) is 76.3. The van der Waals surface area contributed by atoms with E-state index in [0.717, 1.165) is 171 Å². The van der Waals surface area contributed by atoms with E-state index in [0.29, 0.717) is 46.8 Å². The Kier molecular flexibility index (Phi) is 17.2. The molecule has 0 fully saturated rings. The summed E-state index contributed by atoms with van der Waals surface area (Å²) < 4.78 is 9.40. The summed E-state index contributed by atoms with van der Waals surface area (Å²) in [5, 5.41) is 8.63. The van der Waals surface area contributed by atoms with Crippen LogP contribution in [0.2, 0.25) is 0 Å². The zero-order valence-corrected chi connectivity index (χ0v) is 72.8. The highest BCUT2D eigenvalue weighted by Crippen LogP contribution is 2.58. The zero-order chi connectivity index (χ0) is 88.4. The third-order valence-corrected chi connectivity index (χ3v) is 27.6. The molecule has 0 saturated heterocycles. The van der Waals surface area contributed by atoms with Crippen LogP contribution >= 0.6 is 0 Å². The summed E-state index contributed by atoms with van der Waals surface area (Å²) in [6, 6.07) is 151. The molecule has 25 aromatic rings. The molecule has 1 atom stereocenters. The molecule has 0 N–H and O–H groups in total. The summed E-state index contributed by atoms with van der Waals surface area (Å²) in [6.07, 6.45) is 0. The first-order valence-corrected chi connectivity index (χ1v) is 45.5. The Morgan fingerprint density at radius 1 is 0.209 bits per heavy atom. The first-order valence-electron chi connectivity index (χ1n) is 45.5. The van der Waals surface area contributed by atoms with Gasteiger partial charge in [-0.3, -0.25) is 9.13 Å². The van der Waals surface area contributed by atoms with Crippen LogP contribution in [0.4, 0.5) is 0 Å². The fraction of sp³-hybridized carbons (Fsp3) is 0.0331. The molecule has 0 amide bonds. The van der Waals surface area contributed by atoms with Crippen LogP contribution in [0, 0.1) is 0 Å². The van der Waals surface area contributed by atoms with Gasteiger partial charge in [0.25, 0.3) is 0 Å². The second-order valence-electron chi connectivity index (χ2n) is 35.4. The van der Waals surface area contributed by atoms with E-state index in [-0.39, 0.29) is 11.3 Å². The number of hydrogen-bond acceptors (Lipinski definition) is 9. The molecule has 2 aliphatic carbocycles. The molecule has 0 spiro atoms. The minimum atomic E-state index is -0.375. The molecule has 13 heteroatoms. The summed E-state index contributed by atoms with van der Waals surface area (Å²) in [4.78, 5) is 49.9. The topological polar surface area (TPSA) is 136 Å². The lowest BCUT2D eigenvalue weighted by atomic mass is 9.80. The van der Waals surface area contributed by atoms with Gasteiger partial charge in [-0.1, -0.05) is 372 Å². The molecule has 1 unspecified atom stereocenters. The van der Waals surface area contributed by atoms with Gasteiger partial charge < -0.3 is 9.13 Å². The van der Waals surface area contributed by atoms with Crippen molar-refractivity contribution in [2.45, 2.75) is 25.2 Å².